The lowest BCUT2D eigenvalue weighted by atomic mass is 9.78. The monoisotopic (exact) mass is 241 g/mol. The highest BCUT2D eigenvalue weighted by molar-refractivity contribution is 5.92. The lowest BCUT2D eigenvalue weighted by Crippen LogP contribution is -2.19. The molecule has 2 aromatic rings. The van der Waals surface area contributed by atoms with E-state index in [1.54, 1.807) is 7.11 Å². The van der Waals surface area contributed by atoms with Gasteiger partial charge in [-0.25, -0.2) is 0 Å². The molecular formula is C16H19NO. The smallest absolute Gasteiger partial charge is 0.127 e. The van der Waals surface area contributed by atoms with Crippen LogP contribution < -0.4 is 10.5 Å². The molecule has 0 aliphatic heterocycles. The summed E-state index contributed by atoms with van der Waals surface area (Å²) in [7, 11) is 1.73. The fourth-order valence-electron chi connectivity index (χ4n) is 3.14. The largest absolute Gasteiger partial charge is 0.496 e. The van der Waals surface area contributed by atoms with E-state index in [0.717, 1.165) is 12.2 Å². The Morgan fingerprint density at radius 1 is 1.17 bits per heavy atom. The molecule has 0 saturated carbocycles. The van der Waals surface area contributed by atoms with Gasteiger partial charge in [-0.15, -0.1) is 0 Å². The predicted molar refractivity (Wildman–Crippen MR) is 75.1 cm³/mol. The topological polar surface area (TPSA) is 35.2 Å². The maximum absolute atomic E-state index is 6.27. The molecular weight excluding hydrogens is 222 g/mol. The van der Waals surface area contributed by atoms with E-state index < -0.39 is 0 Å². The summed E-state index contributed by atoms with van der Waals surface area (Å²) < 4.78 is 5.52. The molecule has 3 rings (SSSR count). The van der Waals surface area contributed by atoms with Crippen molar-refractivity contribution in [1.82, 2.24) is 0 Å². The average Bonchev–Trinajstić information content (AvgIpc) is 2.41. The molecule has 0 amide bonds. The van der Waals surface area contributed by atoms with Gasteiger partial charge in [-0.05, 0) is 41.3 Å². The number of nitrogens with two attached hydrogens (primary N) is 1. The highest BCUT2D eigenvalue weighted by atomic mass is 16.5. The maximum Gasteiger partial charge on any atom is 0.127 e. The molecule has 1 aliphatic rings. The SMILES string of the molecule is COc1cc2c(c3ccccc13)C(C)CC[C@H]2N. The van der Waals surface area contributed by atoms with Crippen LogP contribution in [0.4, 0.5) is 0 Å². The Kier molecular flexibility index (Phi) is 2.75. The first-order chi connectivity index (χ1) is 8.72. The summed E-state index contributed by atoms with van der Waals surface area (Å²) in [5, 5.41) is 2.49. The number of fused-ring (bicyclic) bond motifs is 3. The zero-order valence-electron chi connectivity index (χ0n) is 10.9. The van der Waals surface area contributed by atoms with Crippen LogP contribution in [-0.2, 0) is 0 Å². The summed E-state index contributed by atoms with van der Waals surface area (Å²) in [4.78, 5) is 0. The highest BCUT2D eigenvalue weighted by Gasteiger charge is 2.25. The van der Waals surface area contributed by atoms with E-state index in [1.807, 2.05) is 0 Å². The minimum absolute atomic E-state index is 0.148. The van der Waals surface area contributed by atoms with Crippen molar-refractivity contribution >= 4 is 10.8 Å². The van der Waals surface area contributed by atoms with Crippen molar-refractivity contribution in [3.63, 3.8) is 0 Å². The third-order valence-corrected chi connectivity index (χ3v) is 4.10. The Morgan fingerprint density at radius 3 is 2.61 bits per heavy atom. The molecule has 1 unspecified atom stereocenters. The Bertz CT molecular complexity index is 591. The summed E-state index contributed by atoms with van der Waals surface area (Å²) in [6.45, 7) is 2.30. The van der Waals surface area contributed by atoms with Crippen LogP contribution in [0, 0.1) is 0 Å². The second-order valence-corrected chi connectivity index (χ2v) is 5.21. The van der Waals surface area contributed by atoms with Gasteiger partial charge in [-0.2, -0.15) is 0 Å². The van der Waals surface area contributed by atoms with Crippen LogP contribution in [0.3, 0.4) is 0 Å². The van der Waals surface area contributed by atoms with Crippen molar-refractivity contribution in [2.75, 3.05) is 7.11 Å². The standard InChI is InChI=1S/C16H19NO/c1-10-7-8-14(17)13-9-15(18-2)11-5-3-4-6-12(11)16(10)13/h3-6,9-10,14H,7-8,17H2,1-2H3/t10?,14-/m1/s1. The van der Waals surface area contributed by atoms with Gasteiger partial charge >= 0.3 is 0 Å². The van der Waals surface area contributed by atoms with Crippen molar-refractivity contribution in [1.29, 1.82) is 0 Å². The van der Waals surface area contributed by atoms with Crippen LogP contribution >= 0.6 is 0 Å². The molecule has 0 aromatic heterocycles. The number of methoxy groups -OCH3 is 1. The molecule has 0 bridgehead atoms. The van der Waals surface area contributed by atoms with E-state index in [0.29, 0.717) is 5.92 Å². The minimum Gasteiger partial charge on any atom is -0.496 e. The quantitative estimate of drug-likeness (QED) is 0.825. The van der Waals surface area contributed by atoms with Crippen LogP contribution in [0.2, 0.25) is 0 Å². The van der Waals surface area contributed by atoms with E-state index in [4.69, 9.17) is 10.5 Å². The first-order valence-electron chi connectivity index (χ1n) is 6.57. The third kappa shape index (κ3) is 1.60. The van der Waals surface area contributed by atoms with Gasteiger partial charge in [0.15, 0.2) is 0 Å². The molecule has 18 heavy (non-hydrogen) atoms. The van der Waals surface area contributed by atoms with Crippen molar-refractivity contribution in [3.05, 3.63) is 41.5 Å². The zero-order valence-corrected chi connectivity index (χ0v) is 10.9. The second kappa shape index (κ2) is 4.29. The highest BCUT2D eigenvalue weighted by Crippen LogP contribution is 2.43. The van der Waals surface area contributed by atoms with Gasteiger partial charge in [0.25, 0.3) is 0 Å². The minimum atomic E-state index is 0.148. The predicted octanol–water partition coefficient (Wildman–Crippen LogP) is 3.75. The van der Waals surface area contributed by atoms with E-state index in [9.17, 15) is 0 Å². The number of hydrogen-bond donors (Lipinski definition) is 1. The lowest BCUT2D eigenvalue weighted by Gasteiger charge is -2.29. The van der Waals surface area contributed by atoms with E-state index in [2.05, 4.69) is 37.3 Å². The van der Waals surface area contributed by atoms with E-state index in [1.165, 1.54) is 28.3 Å². The number of benzene rings is 2. The van der Waals surface area contributed by atoms with Gasteiger partial charge in [0, 0.05) is 11.4 Å². The molecule has 0 spiro atoms. The summed E-state index contributed by atoms with van der Waals surface area (Å²) in [6, 6.07) is 10.7. The van der Waals surface area contributed by atoms with Gasteiger partial charge in [-0.1, -0.05) is 31.2 Å². The molecule has 94 valence electrons. The number of rotatable bonds is 1. The van der Waals surface area contributed by atoms with Gasteiger partial charge in [-0.3, -0.25) is 0 Å². The van der Waals surface area contributed by atoms with Gasteiger partial charge < -0.3 is 10.5 Å². The third-order valence-electron chi connectivity index (χ3n) is 4.10. The van der Waals surface area contributed by atoms with Gasteiger partial charge in [0.2, 0.25) is 0 Å². The molecule has 2 heteroatoms. The molecule has 0 fully saturated rings. The Hall–Kier alpha value is -1.54. The van der Waals surface area contributed by atoms with Crippen molar-refractivity contribution in [3.8, 4) is 5.75 Å². The van der Waals surface area contributed by atoms with Gasteiger partial charge in [0.05, 0.1) is 7.11 Å². The van der Waals surface area contributed by atoms with Crippen molar-refractivity contribution < 1.29 is 4.74 Å². The van der Waals surface area contributed by atoms with E-state index >= 15 is 0 Å². The maximum atomic E-state index is 6.27. The molecule has 2 N–H and O–H groups in total. The lowest BCUT2D eigenvalue weighted by molar-refractivity contribution is 0.417. The first-order valence-corrected chi connectivity index (χ1v) is 6.57. The Balaban J connectivity index is 2.39. The molecule has 2 atom stereocenters. The summed E-state index contributed by atoms with van der Waals surface area (Å²) in [6.07, 6.45) is 2.24. The average molecular weight is 241 g/mol. The Morgan fingerprint density at radius 2 is 1.89 bits per heavy atom. The molecule has 0 radical (unpaired) electrons. The molecule has 2 nitrogen and oxygen atoms in total. The van der Waals surface area contributed by atoms with Crippen LogP contribution in [0.1, 0.15) is 42.9 Å². The van der Waals surface area contributed by atoms with Crippen LogP contribution in [0.25, 0.3) is 10.8 Å². The normalized spacial score (nSPS) is 22.8. The molecule has 0 saturated heterocycles. The molecule has 1 aliphatic carbocycles. The summed E-state index contributed by atoms with van der Waals surface area (Å²) >= 11 is 0. The number of ether oxygens (including phenoxy) is 1. The zero-order chi connectivity index (χ0) is 12.7. The van der Waals surface area contributed by atoms with Crippen LogP contribution in [0.5, 0.6) is 5.75 Å². The Labute approximate surface area is 108 Å². The van der Waals surface area contributed by atoms with E-state index in [-0.39, 0.29) is 6.04 Å². The molecule has 0 heterocycles. The number of hydrogen-bond acceptors (Lipinski definition) is 2. The van der Waals surface area contributed by atoms with Crippen LogP contribution in [0.15, 0.2) is 30.3 Å². The van der Waals surface area contributed by atoms with Crippen LogP contribution in [-0.4, -0.2) is 7.11 Å². The summed E-state index contributed by atoms with van der Waals surface area (Å²) in [5.74, 6) is 1.52. The fourth-order valence-corrected chi connectivity index (χ4v) is 3.14. The fraction of sp³-hybridized carbons (Fsp3) is 0.375. The van der Waals surface area contributed by atoms with Crippen molar-refractivity contribution in [2.24, 2.45) is 5.73 Å². The second-order valence-electron chi connectivity index (χ2n) is 5.21. The first kappa shape index (κ1) is 11.5. The van der Waals surface area contributed by atoms with Crippen molar-refractivity contribution in [2.45, 2.75) is 31.7 Å². The molecule has 2 aromatic carbocycles. The van der Waals surface area contributed by atoms with Gasteiger partial charge in [0.1, 0.15) is 5.75 Å². The summed E-state index contributed by atoms with van der Waals surface area (Å²) in [5.41, 5.74) is 8.96.